The summed E-state index contributed by atoms with van der Waals surface area (Å²) in [4.78, 5) is 20.9. The van der Waals surface area contributed by atoms with E-state index in [4.69, 9.17) is 0 Å². The average molecular weight is 222 g/mol. The van der Waals surface area contributed by atoms with Crippen molar-refractivity contribution in [3.63, 3.8) is 0 Å². The molecule has 0 aliphatic heterocycles. The fraction of sp³-hybridized carbons (Fsp3) is 0. The van der Waals surface area contributed by atoms with E-state index in [1.54, 1.807) is 22.3 Å². The summed E-state index contributed by atoms with van der Waals surface area (Å²) in [6, 6.07) is 7.48. The Morgan fingerprint density at radius 3 is 2.33 bits per heavy atom. The normalized spacial score (nSPS) is 10.1. The summed E-state index contributed by atoms with van der Waals surface area (Å²) >= 11 is 1.05. The third kappa shape index (κ3) is 1.94. The van der Waals surface area contributed by atoms with Crippen molar-refractivity contribution < 1.29 is 4.92 Å². The van der Waals surface area contributed by atoms with Gasteiger partial charge < -0.3 is 0 Å². The second-order valence-electron chi connectivity index (χ2n) is 2.83. The Hall–Kier alpha value is -1.95. The fourth-order valence-electron chi connectivity index (χ4n) is 1.15. The van der Waals surface area contributed by atoms with E-state index in [9.17, 15) is 14.9 Å². The molecule has 0 fully saturated rings. The first-order chi connectivity index (χ1) is 7.16. The molecule has 0 N–H and O–H groups in total. The average Bonchev–Trinajstić information content (AvgIpc) is 2.65. The summed E-state index contributed by atoms with van der Waals surface area (Å²) in [6.45, 7) is 0. The molecule has 6 heteroatoms. The van der Waals surface area contributed by atoms with E-state index in [1.807, 2.05) is 0 Å². The van der Waals surface area contributed by atoms with Gasteiger partial charge in [0.2, 0.25) is 4.74 Å². The zero-order valence-corrected chi connectivity index (χ0v) is 8.31. The highest BCUT2D eigenvalue weighted by atomic mass is 32.1. The molecule has 0 saturated heterocycles. The molecule has 0 atom stereocenters. The second-order valence-corrected chi connectivity index (χ2v) is 3.80. The molecule has 0 amide bonds. The predicted octanol–water partition coefficient (Wildman–Crippen LogP) is 1.81. The molecule has 1 aromatic carbocycles. The van der Waals surface area contributed by atoms with Crippen LogP contribution in [0.4, 0.5) is 5.69 Å². The van der Waals surface area contributed by atoms with Crippen molar-refractivity contribution in [1.29, 1.82) is 0 Å². The van der Waals surface area contributed by atoms with Crippen molar-refractivity contribution in [2.75, 3.05) is 0 Å². The molecule has 2 rings (SSSR count). The molecule has 1 heterocycles. The smallest absolute Gasteiger partial charge is 0.269 e. The molecular weight excluding hydrogens is 216 g/mol. The minimum Gasteiger partial charge on any atom is -0.276 e. The Morgan fingerprint density at radius 2 is 1.87 bits per heavy atom. The van der Waals surface area contributed by atoms with Gasteiger partial charge in [-0.2, -0.15) is 0 Å². The largest absolute Gasteiger partial charge is 0.276 e. The van der Waals surface area contributed by atoms with Crippen LogP contribution in [0.5, 0.6) is 0 Å². The molecule has 15 heavy (non-hydrogen) atoms. The van der Waals surface area contributed by atoms with Crippen LogP contribution in [0.25, 0.3) is 5.69 Å². The lowest BCUT2D eigenvalue weighted by Crippen LogP contribution is -1.91. The van der Waals surface area contributed by atoms with E-state index in [0.717, 1.165) is 17.2 Å². The SMILES string of the molecule is O=c1ccn(-c2ccc([N+](=O)[O-])cc2)s1. The minimum absolute atomic E-state index is 0.0400. The Labute approximate surface area is 88.5 Å². The Morgan fingerprint density at radius 1 is 1.20 bits per heavy atom. The lowest BCUT2D eigenvalue weighted by molar-refractivity contribution is -0.384. The van der Waals surface area contributed by atoms with Crippen molar-refractivity contribution in [1.82, 2.24) is 3.96 Å². The van der Waals surface area contributed by atoms with Crippen LogP contribution < -0.4 is 4.74 Å². The summed E-state index contributed by atoms with van der Waals surface area (Å²) < 4.78 is 1.61. The summed E-state index contributed by atoms with van der Waals surface area (Å²) in [5.41, 5.74) is 0.783. The van der Waals surface area contributed by atoms with Crippen molar-refractivity contribution in [3.8, 4) is 5.69 Å². The molecule has 0 saturated carbocycles. The number of hydrogen-bond acceptors (Lipinski definition) is 4. The molecule has 0 bridgehead atoms. The number of benzene rings is 1. The highest BCUT2D eigenvalue weighted by molar-refractivity contribution is 7.04. The molecule has 76 valence electrons. The molecular formula is C9H6N2O3S. The van der Waals surface area contributed by atoms with Gasteiger partial charge >= 0.3 is 0 Å². The Kier molecular flexibility index (Phi) is 2.34. The number of nitro groups is 1. The van der Waals surface area contributed by atoms with Crippen molar-refractivity contribution in [2.45, 2.75) is 0 Å². The van der Waals surface area contributed by atoms with Gasteiger partial charge in [-0.3, -0.25) is 18.9 Å². The second kappa shape index (κ2) is 3.66. The number of nitro benzene ring substituents is 1. The molecule has 1 aromatic heterocycles. The number of non-ortho nitro benzene ring substituents is 1. The maximum absolute atomic E-state index is 10.9. The van der Waals surface area contributed by atoms with Crippen LogP contribution in [0, 0.1) is 10.1 Å². The molecule has 0 unspecified atom stereocenters. The van der Waals surface area contributed by atoms with E-state index in [-0.39, 0.29) is 10.4 Å². The third-order valence-corrected chi connectivity index (χ3v) is 2.69. The van der Waals surface area contributed by atoms with Gasteiger partial charge in [-0.1, -0.05) is 0 Å². The van der Waals surface area contributed by atoms with Crippen molar-refractivity contribution in [3.05, 3.63) is 56.2 Å². The van der Waals surface area contributed by atoms with Gasteiger partial charge in [0.15, 0.2) is 0 Å². The molecule has 2 aromatic rings. The highest BCUT2D eigenvalue weighted by Gasteiger charge is 2.04. The lowest BCUT2D eigenvalue weighted by atomic mass is 10.3. The maximum atomic E-state index is 10.9. The third-order valence-electron chi connectivity index (χ3n) is 1.85. The van der Waals surface area contributed by atoms with Gasteiger partial charge in [-0.05, 0) is 23.7 Å². The van der Waals surface area contributed by atoms with Crippen LogP contribution in [0.1, 0.15) is 0 Å². The zero-order chi connectivity index (χ0) is 10.8. The van der Waals surface area contributed by atoms with Crippen molar-refractivity contribution in [2.24, 2.45) is 0 Å². The van der Waals surface area contributed by atoms with E-state index in [0.29, 0.717) is 0 Å². The van der Waals surface area contributed by atoms with E-state index < -0.39 is 4.92 Å². The van der Waals surface area contributed by atoms with E-state index >= 15 is 0 Å². The van der Waals surface area contributed by atoms with Gasteiger partial charge in [-0.25, -0.2) is 0 Å². The predicted molar refractivity (Wildman–Crippen MR) is 56.6 cm³/mol. The van der Waals surface area contributed by atoms with Crippen LogP contribution >= 0.6 is 11.5 Å². The minimum atomic E-state index is -0.456. The molecule has 0 aliphatic rings. The lowest BCUT2D eigenvalue weighted by Gasteiger charge is -1.99. The highest BCUT2D eigenvalue weighted by Crippen LogP contribution is 2.15. The summed E-state index contributed by atoms with van der Waals surface area (Å²) in [7, 11) is 0. The van der Waals surface area contributed by atoms with Crippen molar-refractivity contribution >= 4 is 17.2 Å². The van der Waals surface area contributed by atoms with Gasteiger partial charge in [0.25, 0.3) is 5.69 Å². The summed E-state index contributed by atoms with van der Waals surface area (Å²) in [5.74, 6) is 0. The topological polar surface area (TPSA) is 65.1 Å². The van der Waals surface area contributed by atoms with Gasteiger partial charge in [0.1, 0.15) is 0 Å². The molecule has 0 aliphatic carbocycles. The number of nitrogens with zero attached hydrogens (tertiary/aromatic N) is 2. The van der Waals surface area contributed by atoms with Gasteiger partial charge in [0, 0.05) is 24.4 Å². The Bertz CT molecular complexity index is 541. The van der Waals surface area contributed by atoms with Gasteiger partial charge in [0.05, 0.1) is 10.6 Å². The Balaban J connectivity index is 2.39. The molecule has 0 spiro atoms. The van der Waals surface area contributed by atoms with Crippen LogP contribution in [0.3, 0.4) is 0 Å². The summed E-state index contributed by atoms with van der Waals surface area (Å²) in [5, 5.41) is 10.4. The van der Waals surface area contributed by atoms with E-state index in [1.165, 1.54) is 18.2 Å². The number of hydrogen-bond donors (Lipinski definition) is 0. The molecule has 0 radical (unpaired) electrons. The van der Waals surface area contributed by atoms with Gasteiger partial charge in [-0.15, -0.1) is 0 Å². The number of aromatic nitrogens is 1. The quantitative estimate of drug-likeness (QED) is 0.575. The fourth-order valence-corrected chi connectivity index (χ4v) is 1.81. The van der Waals surface area contributed by atoms with Crippen LogP contribution in [0.2, 0.25) is 0 Å². The number of rotatable bonds is 2. The first-order valence-electron chi connectivity index (χ1n) is 4.10. The van der Waals surface area contributed by atoms with Crippen LogP contribution in [-0.4, -0.2) is 8.88 Å². The monoisotopic (exact) mass is 222 g/mol. The van der Waals surface area contributed by atoms with Crippen LogP contribution in [0.15, 0.2) is 41.3 Å². The maximum Gasteiger partial charge on any atom is 0.269 e. The first-order valence-corrected chi connectivity index (χ1v) is 4.88. The zero-order valence-electron chi connectivity index (χ0n) is 7.49. The van der Waals surface area contributed by atoms with E-state index in [2.05, 4.69) is 0 Å². The standard InChI is InChI=1S/C9H6N2O3S/c12-9-5-6-10(15-9)7-1-3-8(4-2-7)11(13)14/h1-6H. The summed E-state index contributed by atoms with van der Waals surface area (Å²) in [6.07, 6.45) is 1.63. The first kappa shape index (κ1) is 9.60. The molecule has 5 nitrogen and oxygen atoms in total. The van der Waals surface area contributed by atoms with Crippen LogP contribution in [-0.2, 0) is 0 Å².